The quantitative estimate of drug-likeness (QED) is 0.434. The lowest BCUT2D eigenvalue weighted by Crippen LogP contribution is -2.12. The molecule has 0 radical (unpaired) electrons. The van der Waals surface area contributed by atoms with Crippen molar-refractivity contribution in [2.45, 2.75) is 13.2 Å². The van der Waals surface area contributed by atoms with E-state index in [0.717, 1.165) is 0 Å². The molecule has 0 aliphatic carbocycles. The number of hydrogen-bond acceptors (Lipinski definition) is 3. The van der Waals surface area contributed by atoms with Crippen LogP contribution < -0.4 is 10.1 Å². The van der Waals surface area contributed by atoms with Crippen LogP contribution in [0.5, 0.6) is 5.88 Å². The molecule has 0 aliphatic rings. The van der Waals surface area contributed by atoms with E-state index in [1.165, 1.54) is 59.4 Å². The number of carbonyl (C=O) groups excluding carboxylic acids is 1. The topological polar surface area (TPSA) is 56.2 Å². The van der Waals surface area contributed by atoms with Crippen molar-refractivity contribution in [3.63, 3.8) is 0 Å². The maximum absolute atomic E-state index is 13.5. The Morgan fingerprint density at radius 3 is 2.22 bits per heavy atom. The highest BCUT2D eigenvalue weighted by molar-refractivity contribution is 6.05. The second kappa shape index (κ2) is 9.38. The van der Waals surface area contributed by atoms with Gasteiger partial charge in [-0.05, 0) is 59.7 Å². The second-order valence-electron chi connectivity index (χ2n) is 7.06. The van der Waals surface area contributed by atoms with Gasteiger partial charge in [-0.3, -0.25) is 9.48 Å². The van der Waals surface area contributed by atoms with Crippen molar-refractivity contribution in [2.24, 2.45) is 0 Å². The van der Waals surface area contributed by atoms with Gasteiger partial charge in [0.2, 0.25) is 5.88 Å². The maximum atomic E-state index is 13.5. The van der Waals surface area contributed by atoms with E-state index < -0.39 is 17.5 Å². The Balaban J connectivity index is 1.58. The average molecular weight is 437 g/mol. The van der Waals surface area contributed by atoms with Crippen LogP contribution in [0.25, 0.3) is 0 Å². The number of ether oxygens (including phenoxy) is 1. The molecule has 0 aliphatic heterocycles. The van der Waals surface area contributed by atoms with Crippen LogP contribution in [0.4, 0.5) is 18.9 Å². The molecular formula is C24H18F3N3O2. The molecule has 0 fully saturated rings. The van der Waals surface area contributed by atoms with Crippen molar-refractivity contribution in [1.29, 1.82) is 0 Å². The van der Waals surface area contributed by atoms with Gasteiger partial charge in [-0.2, -0.15) is 0 Å². The fraction of sp³-hybridized carbons (Fsp3) is 0.0833. The zero-order valence-electron chi connectivity index (χ0n) is 16.8. The molecule has 0 atom stereocenters. The van der Waals surface area contributed by atoms with Crippen LogP contribution in [0.15, 0.2) is 79.0 Å². The Morgan fingerprint density at radius 2 is 1.53 bits per heavy atom. The van der Waals surface area contributed by atoms with E-state index in [4.69, 9.17) is 4.74 Å². The summed E-state index contributed by atoms with van der Waals surface area (Å²) >= 11 is 0. The molecule has 1 aromatic heterocycles. The summed E-state index contributed by atoms with van der Waals surface area (Å²) in [5, 5.41) is 6.97. The summed E-state index contributed by atoms with van der Waals surface area (Å²) in [7, 11) is 0. The number of halogens is 3. The third-order valence-electron chi connectivity index (χ3n) is 4.57. The van der Waals surface area contributed by atoms with E-state index in [-0.39, 0.29) is 30.4 Å². The highest BCUT2D eigenvalue weighted by Crippen LogP contribution is 2.21. The summed E-state index contributed by atoms with van der Waals surface area (Å²) in [5.74, 6) is -1.70. The first-order valence-corrected chi connectivity index (χ1v) is 9.72. The van der Waals surface area contributed by atoms with Crippen LogP contribution >= 0.6 is 0 Å². The van der Waals surface area contributed by atoms with Gasteiger partial charge in [0.05, 0.1) is 6.54 Å². The molecule has 0 unspecified atom stereocenters. The monoisotopic (exact) mass is 437 g/mol. The molecule has 0 saturated heterocycles. The number of rotatable bonds is 7. The van der Waals surface area contributed by atoms with Gasteiger partial charge < -0.3 is 10.1 Å². The molecule has 1 N–H and O–H groups in total. The molecule has 3 aromatic carbocycles. The van der Waals surface area contributed by atoms with Crippen molar-refractivity contribution in [2.75, 3.05) is 5.32 Å². The van der Waals surface area contributed by atoms with Crippen LogP contribution in [0.1, 0.15) is 21.5 Å². The molecule has 0 spiro atoms. The molecule has 4 aromatic rings. The number of carbonyl (C=O) groups is 1. The van der Waals surface area contributed by atoms with E-state index in [1.807, 2.05) is 0 Å². The number of hydrogen-bond donors (Lipinski definition) is 1. The molecule has 5 nitrogen and oxygen atoms in total. The third kappa shape index (κ3) is 5.34. The zero-order chi connectivity index (χ0) is 22.5. The largest absolute Gasteiger partial charge is 0.471 e. The summed E-state index contributed by atoms with van der Waals surface area (Å²) in [4.78, 5) is 12.8. The minimum atomic E-state index is -0.517. The normalized spacial score (nSPS) is 10.7. The fourth-order valence-corrected chi connectivity index (χ4v) is 3.08. The minimum Gasteiger partial charge on any atom is -0.471 e. The van der Waals surface area contributed by atoms with Gasteiger partial charge in [-0.1, -0.05) is 24.3 Å². The van der Waals surface area contributed by atoms with Gasteiger partial charge in [0.15, 0.2) is 0 Å². The van der Waals surface area contributed by atoms with Gasteiger partial charge in [-0.25, -0.2) is 13.2 Å². The minimum absolute atomic E-state index is 0.00837. The lowest BCUT2D eigenvalue weighted by molar-refractivity contribution is 0.102. The van der Waals surface area contributed by atoms with Gasteiger partial charge >= 0.3 is 0 Å². The van der Waals surface area contributed by atoms with E-state index in [2.05, 4.69) is 10.4 Å². The third-order valence-corrected chi connectivity index (χ3v) is 4.57. The highest BCUT2D eigenvalue weighted by atomic mass is 19.1. The molecule has 32 heavy (non-hydrogen) atoms. The highest BCUT2D eigenvalue weighted by Gasteiger charge is 2.19. The lowest BCUT2D eigenvalue weighted by Gasteiger charge is -2.07. The molecule has 0 bridgehead atoms. The lowest BCUT2D eigenvalue weighted by atomic mass is 10.2. The first-order valence-electron chi connectivity index (χ1n) is 9.72. The van der Waals surface area contributed by atoms with E-state index in [0.29, 0.717) is 16.8 Å². The number of benzene rings is 3. The van der Waals surface area contributed by atoms with E-state index in [9.17, 15) is 18.0 Å². The molecule has 1 amide bonds. The number of nitrogens with zero attached hydrogens (tertiary/aromatic N) is 2. The van der Waals surface area contributed by atoms with E-state index in [1.54, 1.807) is 24.3 Å². The standard InChI is InChI=1S/C24H18F3N3O2/c25-18-7-9-21(10-8-18)28-23(31)22-14-30(13-16-3-1-5-19(26)11-16)29-24(22)32-15-17-4-2-6-20(27)12-17/h1-12,14H,13,15H2,(H,28,31). The van der Waals surface area contributed by atoms with E-state index >= 15 is 0 Å². The molecule has 0 saturated carbocycles. The number of anilines is 1. The predicted octanol–water partition coefficient (Wildman–Crippen LogP) is 5.18. The van der Waals surface area contributed by atoms with Crippen LogP contribution in [0, 0.1) is 17.5 Å². The fourth-order valence-electron chi connectivity index (χ4n) is 3.08. The summed E-state index contributed by atoms with van der Waals surface area (Å²) in [6, 6.07) is 17.2. The molecule has 8 heteroatoms. The summed E-state index contributed by atoms with van der Waals surface area (Å²) < 4.78 is 47.3. The number of nitrogens with one attached hydrogen (secondary N) is 1. The zero-order valence-corrected chi connectivity index (χ0v) is 16.8. The first-order chi connectivity index (χ1) is 15.5. The second-order valence-corrected chi connectivity index (χ2v) is 7.06. The summed E-state index contributed by atoms with van der Waals surface area (Å²) in [5.41, 5.74) is 1.73. The SMILES string of the molecule is O=C(Nc1ccc(F)cc1)c1cn(Cc2cccc(F)c2)nc1OCc1cccc(F)c1. The van der Waals surface area contributed by atoms with Gasteiger partial charge in [0.1, 0.15) is 29.6 Å². The van der Waals surface area contributed by atoms with Crippen LogP contribution in [-0.2, 0) is 13.2 Å². The molecular weight excluding hydrogens is 419 g/mol. The predicted molar refractivity (Wildman–Crippen MR) is 113 cm³/mol. The Hall–Kier alpha value is -4.07. The van der Waals surface area contributed by atoms with Crippen molar-refractivity contribution < 1.29 is 22.7 Å². The van der Waals surface area contributed by atoms with Gasteiger partial charge in [0, 0.05) is 11.9 Å². The summed E-state index contributed by atoms with van der Waals surface area (Å²) in [6.45, 7) is 0.198. The number of amides is 1. The Labute approximate surface area is 182 Å². The smallest absolute Gasteiger partial charge is 0.262 e. The van der Waals surface area contributed by atoms with Crippen molar-refractivity contribution in [3.8, 4) is 5.88 Å². The van der Waals surface area contributed by atoms with Crippen LogP contribution in [-0.4, -0.2) is 15.7 Å². The molecule has 162 valence electrons. The first kappa shape index (κ1) is 21.2. The Morgan fingerprint density at radius 1 is 0.875 bits per heavy atom. The van der Waals surface area contributed by atoms with Gasteiger partial charge in [-0.15, -0.1) is 5.10 Å². The van der Waals surface area contributed by atoms with Crippen LogP contribution in [0.3, 0.4) is 0 Å². The van der Waals surface area contributed by atoms with Crippen molar-refractivity contribution in [3.05, 3.63) is 113 Å². The maximum Gasteiger partial charge on any atom is 0.262 e. The molecule has 4 rings (SSSR count). The molecule has 1 heterocycles. The van der Waals surface area contributed by atoms with Crippen LogP contribution in [0.2, 0.25) is 0 Å². The summed E-state index contributed by atoms with van der Waals surface area (Å²) in [6.07, 6.45) is 1.48. The Kier molecular flexibility index (Phi) is 6.21. The Bertz CT molecular complexity index is 1240. The number of aromatic nitrogens is 2. The van der Waals surface area contributed by atoms with Crippen molar-refractivity contribution in [1.82, 2.24) is 9.78 Å². The average Bonchev–Trinajstić information content (AvgIpc) is 3.17. The van der Waals surface area contributed by atoms with Gasteiger partial charge in [0.25, 0.3) is 5.91 Å². The van der Waals surface area contributed by atoms with Crippen molar-refractivity contribution >= 4 is 11.6 Å².